The lowest BCUT2D eigenvalue weighted by Gasteiger charge is -2.31. The molecular weight excluding hydrogens is 236 g/mol. The zero-order chi connectivity index (χ0) is 13.8. The smallest absolute Gasteiger partial charge is 0.108 e. The van der Waals surface area contributed by atoms with E-state index in [1.807, 2.05) is 6.26 Å². The van der Waals surface area contributed by atoms with Crippen molar-refractivity contribution in [2.24, 2.45) is 0 Å². The standard InChI is InChI=1S/C16H28N2O/c1-12(2)18(13(3)4)10-9-17-15-6-5-7-16-14(15)8-11-19-16/h8,11-13,15,17H,5-7,9-10H2,1-4H3. The van der Waals surface area contributed by atoms with Crippen molar-refractivity contribution in [3.63, 3.8) is 0 Å². The SMILES string of the molecule is CC(C)N(CCNC1CCCc2occc21)C(C)C. The van der Waals surface area contributed by atoms with Gasteiger partial charge in [-0.3, -0.25) is 4.90 Å². The van der Waals surface area contributed by atoms with Gasteiger partial charge in [0.1, 0.15) is 5.76 Å². The fourth-order valence-corrected chi connectivity index (χ4v) is 3.18. The van der Waals surface area contributed by atoms with Crippen molar-refractivity contribution < 1.29 is 4.42 Å². The summed E-state index contributed by atoms with van der Waals surface area (Å²) in [4.78, 5) is 2.53. The molecule has 0 aromatic carbocycles. The van der Waals surface area contributed by atoms with Gasteiger partial charge in [-0.15, -0.1) is 0 Å². The molecule has 0 fully saturated rings. The van der Waals surface area contributed by atoms with Crippen LogP contribution < -0.4 is 5.32 Å². The zero-order valence-electron chi connectivity index (χ0n) is 12.8. The molecule has 1 heterocycles. The molecule has 1 unspecified atom stereocenters. The Morgan fingerprint density at radius 2 is 2.05 bits per heavy atom. The van der Waals surface area contributed by atoms with Gasteiger partial charge in [0.05, 0.1) is 6.26 Å². The Kier molecular flexibility index (Phi) is 5.06. The minimum atomic E-state index is 0.490. The Hall–Kier alpha value is -0.800. The van der Waals surface area contributed by atoms with E-state index in [4.69, 9.17) is 4.42 Å². The lowest BCUT2D eigenvalue weighted by atomic mass is 9.93. The van der Waals surface area contributed by atoms with Gasteiger partial charge in [-0.1, -0.05) is 0 Å². The molecule has 0 saturated carbocycles. The van der Waals surface area contributed by atoms with E-state index >= 15 is 0 Å². The molecule has 1 aromatic heterocycles. The van der Waals surface area contributed by atoms with E-state index in [9.17, 15) is 0 Å². The number of furan rings is 1. The fourth-order valence-electron chi connectivity index (χ4n) is 3.18. The van der Waals surface area contributed by atoms with Gasteiger partial charge in [0, 0.05) is 43.2 Å². The van der Waals surface area contributed by atoms with Gasteiger partial charge >= 0.3 is 0 Å². The molecular formula is C16H28N2O. The molecule has 0 saturated heterocycles. The molecule has 1 aliphatic rings. The molecule has 19 heavy (non-hydrogen) atoms. The van der Waals surface area contributed by atoms with Crippen molar-refractivity contribution in [2.45, 2.75) is 65.1 Å². The van der Waals surface area contributed by atoms with Crippen molar-refractivity contribution in [1.82, 2.24) is 10.2 Å². The molecule has 1 atom stereocenters. The minimum absolute atomic E-state index is 0.490. The van der Waals surface area contributed by atoms with E-state index in [2.05, 4.69) is 44.0 Å². The highest BCUT2D eigenvalue weighted by Gasteiger charge is 2.22. The van der Waals surface area contributed by atoms with Crippen LogP contribution in [-0.2, 0) is 6.42 Å². The second kappa shape index (κ2) is 6.58. The lowest BCUT2D eigenvalue weighted by Crippen LogP contribution is -2.42. The van der Waals surface area contributed by atoms with E-state index in [0.717, 1.165) is 19.5 Å². The van der Waals surface area contributed by atoms with Crippen LogP contribution in [-0.4, -0.2) is 30.1 Å². The van der Waals surface area contributed by atoms with E-state index in [-0.39, 0.29) is 0 Å². The van der Waals surface area contributed by atoms with Crippen LogP contribution in [0.3, 0.4) is 0 Å². The van der Waals surface area contributed by atoms with Crippen LogP contribution in [0.2, 0.25) is 0 Å². The van der Waals surface area contributed by atoms with Gasteiger partial charge in [-0.05, 0) is 46.6 Å². The van der Waals surface area contributed by atoms with Crippen molar-refractivity contribution >= 4 is 0 Å². The fraction of sp³-hybridized carbons (Fsp3) is 0.750. The van der Waals surface area contributed by atoms with Gasteiger partial charge < -0.3 is 9.73 Å². The topological polar surface area (TPSA) is 28.4 Å². The number of nitrogens with zero attached hydrogens (tertiary/aromatic N) is 1. The van der Waals surface area contributed by atoms with E-state index < -0.39 is 0 Å². The Labute approximate surface area is 117 Å². The maximum absolute atomic E-state index is 5.54. The summed E-state index contributed by atoms with van der Waals surface area (Å²) >= 11 is 0. The second-order valence-electron chi connectivity index (χ2n) is 6.12. The van der Waals surface area contributed by atoms with Crippen LogP contribution in [0.15, 0.2) is 16.7 Å². The number of hydrogen-bond acceptors (Lipinski definition) is 3. The average Bonchev–Trinajstić information content (AvgIpc) is 2.82. The first-order valence-corrected chi connectivity index (χ1v) is 7.65. The molecule has 0 radical (unpaired) electrons. The first-order chi connectivity index (χ1) is 9.09. The molecule has 1 aromatic rings. The predicted molar refractivity (Wildman–Crippen MR) is 79.4 cm³/mol. The van der Waals surface area contributed by atoms with Gasteiger partial charge in [0.25, 0.3) is 0 Å². The lowest BCUT2D eigenvalue weighted by molar-refractivity contribution is 0.173. The number of fused-ring (bicyclic) bond motifs is 1. The maximum atomic E-state index is 5.54. The molecule has 2 rings (SSSR count). The van der Waals surface area contributed by atoms with Crippen LogP contribution in [0.25, 0.3) is 0 Å². The Morgan fingerprint density at radius 3 is 2.74 bits per heavy atom. The first kappa shape index (κ1) is 14.6. The molecule has 0 amide bonds. The van der Waals surface area contributed by atoms with Crippen LogP contribution >= 0.6 is 0 Å². The summed E-state index contributed by atoms with van der Waals surface area (Å²) < 4.78 is 5.54. The molecule has 1 aliphatic carbocycles. The third kappa shape index (κ3) is 3.61. The van der Waals surface area contributed by atoms with Gasteiger partial charge in [0.15, 0.2) is 0 Å². The average molecular weight is 264 g/mol. The molecule has 108 valence electrons. The summed E-state index contributed by atoms with van der Waals surface area (Å²) in [6.45, 7) is 11.2. The molecule has 1 N–H and O–H groups in total. The number of hydrogen-bond donors (Lipinski definition) is 1. The van der Waals surface area contributed by atoms with Crippen LogP contribution in [0.5, 0.6) is 0 Å². The van der Waals surface area contributed by atoms with E-state index in [1.165, 1.54) is 24.2 Å². The van der Waals surface area contributed by atoms with Crippen LogP contribution in [0.4, 0.5) is 0 Å². The molecule has 3 nitrogen and oxygen atoms in total. The minimum Gasteiger partial charge on any atom is -0.469 e. The highest BCUT2D eigenvalue weighted by molar-refractivity contribution is 5.23. The van der Waals surface area contributed by atoms with Gasteiger partial charge in [-0.25, -0.2) is 0 Å². The van der Waals surface area contributed by atoms with Gasteiger partial charge in [0.2, 0.25) is 0 Å². The van der Waals surface area contributed by atoms with Crippen molar-refractivity contribution in [3.8, 4) is 0 Å². The summed E-state index contributed by atoms with van der Waals surface area (Å²) in [7, 11) is 0. The molecule has 0 bridgehead atoms. The summed E-state index contributed by atoms with van der Waals surface area (Å²) in [5.41, 5.74) is 1.38. The number of rotatable bonds is 6. The third-order valence-corrected chi connectivity index (χ3v) is 4.14. The number of nitrogens with one attached hydrogen (secondary N) is 1. The normalized spacial score (nSPS) is 19.4. The first-order valence-electron chi connectivity index (χ1n) is 7.65. The molecule has 0 spiro atoms. The van der Waals surface area contributed by atoms with Crippen molar-refractivity contribution in [1.29, 1.82) is 0 Å². The maximum Gasteiger partial charge on any atom is 0.108 e. The summed E-state index contributed by atoms with van der Waals surface area (Å²) in [5.74, 6) is 1.19. The monoisotopic (exact) mass is 264 g/mol. The summed E-state index contributed by atoms with van der Waals surface area (Å²) in [6, 6.07) is 3.84. The summed E-state index contributed by atoms with van der Waals surface area (Å²) in [5, 5.41) is 3.70. The second-order valence-corrected chi connectivity index (χ2v) is 6.12. The summed E-state index contributed by atoms with van der Waals surface area (Å²) in [6.07, 6.45) is 5.40. The third-order valence-electron chi connectivity index (χ3n) is 4.14. The van der Waals surface area contributed by atoms with E-state index in [0.29, 0.717) is 18.1 Å². The van der Waals surface area contributed by atoms with Crippen LogP contribution in [0.1, 0.15) is 57.9 Å². The van der Waals surface area contributed by atoms with Crippen molar-refractivity contribution in [3.05, 3.63) is 23.7 Å². The molecule has 0 aliphatic heterocycles. The Morgan fingerprint density at radius 1 is 1.32 bits per heavy atom. The predicted octanol–water partition coefficient (Wildman–Crippen LogP) is 3.37. The number of aryl methyl sites for hydroxylation is 1. The zero-order valence-corrected chi connectivity index (χ0v) is 12.8. The Balaban J connectivity index is 1.84. The van der Waals surface area contributed by atoms with E-state index in [1.54, 1.807) is 0 Å². The van der Waals surface area contributed by atoms with Crippen molar-refractivity contribution in [2.75, 3.05) is 13.1 Å². The van der Waals surface area contributed by atoms with Gasteiger partial charge in [-0.2, -0.15) is 0 Å². The molecule has 3 heteroatoms. The highest BCUT2D eigenvalue weighted by atomic mass is 16.3. The van der Waals surface area contributed by atoms with Crippen LogP contribution in [0, 0.1) is 0 Å². The Bertz CT molecular complexity index is 376. The largest absolute Gasteiger partial charge is 0.469 e. The highest BCUT2D eigenvalue weighted by Crippen LogP contribution is 2.30. The quantitative estimate of drug-likeness (QED) is 0.854.